The van der Waals surface area contributed by atoms with Crippen LogP contribution in [0.4, 0.5) is 17.1 Å². The fraction of sp³-hybridized carbons (Fsp3) is 0. The molecule has 0 radical (unpaired) electrons. The number of para-hydroxylation sites is 2. The van der Waals surface area contributed by atoms with E-state index in [0.29, 0.717) is 5.89 Å². The Bertz CT molecular complexity index is 3580. The van der Waals surface area contributed by atoms with E-state index in [2.05, 4.69) is 216 Å². The number of nitrogens with zero attached hydrogens (tertiary/aromatic N) is 3. The second-order valence-corrected chi connectivity index (χ2v) is 15.5. The summed E-state index contributed by atoms with van der Waals surface area (Å²) >= 11 is 0. The zero-order valence-corrected chi connectivity index (χ0v) is 33.1. The number of rotatable bonds is 7. The zero-order valence-electron chi connectivity index (χ0n) is 33.1. The van der Waals surface area contributed by atoms with Crippen LogP contribution >= 0.6 is 0 Å². The molecule has 2 aromatic heterocycles. The first-order chi connectivity index (χ1) is 30.3. The quantitative estimate of drug-likeness (QED) is 0.162. The first kappa shape index (κ1) is 34.8. The first-order valence-corrected chi connectivity index (χ1v) is 20.7. The van der Waals surface area contributed by atoms with E-state index in [1.54, 1.807) is 0 Å². The molecule has 0 unspecified atom stereocenters. The Labute approximate surface area is 352 Å². The van der Waals surface area contributed by atoms with Crippen LogP contribution in [0.3, 0.4) is 0 Å². The number of benzene rings is 10. The molecular formula is C57H37N3O. The van der Waals surface area contributed by atoms with Gasteiger partial charge in [0.05, 0.1) is 16.7 Å². The van der Waals surface area contributed by atoms with E-state index < -0.39 is 0 Å². The molecule has 0 spiro atoms. The van der Waals surface area contributed by atoms with Crippen LogP contribution in [-0.2, 0) is 0 Å². The Hall–Kier alpha value is -8.21. The molecule has 61 heavy (non-hydrogen) atoms. The van der Waals surface area contributed by atoms with Gasteiger partial charge in [-0.25, -0.2) is 4.98 Å². The minimum Gasteiger partial charge on any atom is -0.436 e. The van der Waals surface area contributed by atoms with Crippen LogP contribution in [0.5, 0.6) is 0 Å². The predicted octanol–water partition coefficient (Wildman–Crippen LogP) is 15.7. The second kappa shape index (κ2) is 14.3. The molecule has 4 nitrogen and oxygen atoms in total. The predicted molar refractivity (Wildman–Crippen MR) is 254 cm³/mol. The van der Waals surface area contributed by atoms with Crippen molar-refractivity contribution in [1.29, 1.82) is 0 Å². The minimum absolute atomic E-state index is 0.583. The van der Waals surface area contributed by atoms with Crippen molar-refractivity contribution in [2.75, 3.05) is 4.90 Å². The molecule has 0 bridgehead atoms. The Morgan fingerprint density at radius 1 is 0.410 bits per heavy atom. The maximum Gasteiger partial charge on any atom is 0.228 e. The van der Waals surface area contributed by atoms with Crippen LogP contribution < -0.4 is 4.90 Å². The molecule has 2 heterocycles. The van der Waals surface area contributed by atoms with E-state index in [9.17, 15) is 0 Å². The number of hydrogen-bond donors (Lipinski definition) is 0. The van der Waals surface area contributed by atoms with Gasteiger partial charge in [-0.15, -0.1) is 0 Å². The highest BCUT2D eigenvalue weighted by Gasteiger charge is 2.23. The number of fused-ring (bicyclic) bond motifs is 7. The van der Waals surface area contributed by atoms with Crippen molar-refractivity contribution in [3.8, 4) is 39.4 Å². The van der Waals surface area contributed by atoms with Gasteiger partial charge >= 0.3 is 0 Å². The van der Waals surface area contributed by atoms with Gasteiger partial charge in [0.2, 0.25) is 5.89 Å². The summed E-state index contributed by atoms with van der Waals surface area (Å²) in [4.78, 5) is 7.65. The Morgan fingerprint density at radius 3 is 1.85 bits per heavy atom. The van der Waals surface area contributed by atoms with Crippen molar-refractivity contribution in [3.63, 3.8) is 0 Å². The van der Waals surface area contributed by atoms with E-state index in [1.165, 1.54) is 43.4 Å². The van der Waals surface area contributed by atoms with E-state index in [1.807, 2.05) is 18.2 Å². The summed E-state index contributed by atoms with van der Waals surface area (Å²) in [5.74, 6) is 0.583. The zero-order chi connectivity index (χ0) is 40.3. The summed E-state index contributed by atoms with van der Waals surface area (Å²) in [6.45, 7) is 0. The maximum atomic E-state index is 6.68. The smallest absolute Gasteiger partial charge is 0.228 e. The lowest BCUT2D eigenvalue weighted by Gasteiger charge is -2.26. The van der Waals surface area contributed by atoms with Crippen molar-refractivity contribution in [2.45, 2.75) is 0 Å². The van der Waals surface area contributed by atoms with Gasteiger partial charge in [-0.05, 0) is 104 Å². The summed E-state index contributed by atoms with van der Waals surface area (Å²) in [5.41, 5.74) is 13.4. The van der Waals surface area contributed by atoms with Gasteiger partial charge in [0.1, 0.15) is 5.52 Å². The van der Waals surface area contributed by atoms with Crippen LogP contribution in [0.2, 0.25) is 0 Å². The van der Waals surface area contributed by atoms with Gasteiger partial charge < -0.3 is 13.9 Å². The first-order valence-electron chi connectivity index (χ1n) is 20.7. The second-order valence-electron chi connectivity index (χ2n) is 15.5. The average Bonchev–Trinajstić information content (AvgIpc) is 3.92. The highest BCUT2D eigenvalue weighted by atomic mass is 16.3. The molecule has 0 saturated heterocycles. The van der Waals surface area contributed by atoms with Gasteiger partial charge in [-0.1, -0.05) is 164 Å². The standard InChI is InChI=1S/C57H37N3O/c1-3-15-38(16-4-1)47-23-11-12-25-49(47)57-58-56-52(27-14-28-54(56)61-57)59(43-32-29-41(30-33-43)46-26-13-19-39-17-7-9-22-45(39)46)44-34-35-50-53(37-44)60(42-20-5-2-6-21-42)51-36-31-40-18-8-10-24-48(40)55(50)51/h1-37H. The normalized spacial score (nSPS) is 11.6. The topological polar surface area (TPSA) is 34.2 Å². The van der Waals surface area contributed by atoms with Gasteiger partial charge in [-0.2, -0.15) is 0 Å². The van der Waals surface area contributed by atoms with Crippen LogP contribution in [0.1, 0.15) is 0 Å². The molecular weight excluding hydrogens is 743 g/mol. The lowest BCUT2D eigenvalue weighted by molar-refractivity contribution is 0.620. The van der Waals surface area contributed by atoms with Crippen LogP contribution in [0, 0.1) is 0 Å². The molecule has 0 aliphatic rings. The van der Waals surface area contributed by atoms with Gasteiger partial charge in [0.15, 0.2) is 5.58 Å². The lowest BCUT2D eigenvalue weighted by atomic mass is 9.98. The molecule has 286 valence electrons. The monoisotopic (exact) mass is 779 g/mol. The van der Waals surface area contributed by atoms with Gasteiger partial charge in [-0.3, -0.25) is 0 Å². The number of aromatic nitrogens is 2. The number of oxazole rings is 1. The summed E-state index contributed by atoms with van der Waals surface area (Å²) in [6.07, 6.45) is 0. The molecule has 0 saturated carbocycles. The third kappa shape index (κ3) is 5.80. The van der Waals surface area contributed by atoms with Crippen molar-refractivity contribution < 1.29 is 4.42 Å². The Morgan fingerprint density at radius 2 is 1.03 bits per heavy atom. The fourth-order valence-electron chi connectivity index (χ4n) is 9.23. The number of hydrogen-bond acceptors (Lipinski definition) is 3. The van der Waals surface area contributed by atoms with Crippen LogP contribution in [-0.4, -0.2) is 9.55 Å². The molecule has 0 atom stereocenters. The summed E-state index contributed by atoms with van der Waals surface area (Å²) in [6, 6.07) is 79.8. The van der Waals surface area contributed by atoms with Crippen LogP contribution in [0.15, 0.2) is 229 Å². The molecule has 0 fully saturated rings. The average molecular weight is 780 g/mol. The van der Waals surface area contributed by atoms with Crippen molar-refractivity contribution in [1.82, 2.24) is 9.55 Å². The van der Waals surface area contributed by atoms with E-state index in [0.717, 1.165) is 61.6 Å². The van der Waals surface area contributed by atoms with Crippen molar-refractivity contribution >= 4 is 71.5 Å². The van der Waals surface area contributed by atoms with Crippen molar-refractivity contribution in [3.05, 3.63) is 224 Å². The molecule has 4 heteroatoms. The van der Waals surface area contributed by atoms with Gasteiger partial charge in [0, 0.05) is 33.4 Å². The third-order valence-corrected chi connectivity index (χ3v) is 12.0. The third-order valence-electron chi connectivity index (χ3n) is 12.0. The largest absolute Gasteiger partial charge is 0.436 e. The summed E-state index contributed by atoms with van der Waals surface area (Å²) < 4.78 is 9.08. The van der Waals surface area contributed by atoms with E-state index >= 15 is 0 Å². The SMILES string of the molecule is c1ccc(-c2ccccc2-c2nc3c(N(c4ccc(-c5cccc6ccccc56)cc4)c4ccc5c6c7ccccc7ccc6n(-c6ccccc6)c5c4)cccc3o2)cc1. The molecule has 0 aliphatic carbocycles. The lowest BCUT2D eigenvalue weighted by Crippen LogP contribution is -2.10. The van der Waals surface area contributed by atoms with Gasteiger partial charge in [0.25, 0.3) is 0 Å². The van der Waals surface area contributed by atoms with E-state index in [-0.39, 0.29) is 0 Å². The highest BCUT2D eigenvalue weighted by molar-refractivity contribution is 6.22. The highest BCUT2D eigenvalue weighted by Crippen LogP contribution is 2.45. The molecule has 0 amide bonds. The van der Waals surface area contributed by atoms with Crippen molar-refractivity contribution in [2.24, 2.45) is 0 Å². The summed E-state index contributed by atoms with van der Waals surface area (Å²) in [7, 11) is 0. The Kier molecular flexibility index (Phi) is 8.13. The van der Waals surface area contributed by atoms with Crippen LogP contribution in [0.25, 0.3) is 93.8 Å². The fourth-order valence-corrected chi connectivity index (χ4v) is 9.23. The Balaban J connectivity index is 1.09. The minimum atomic E-state index is 0.583. The molecule has 0 N–H and O–H groups in total. The maximum absolute atomic E-state index is 6.68. The molecule has 12 rings (SSSR count). The van der Waals surface area contributed by atoms with E-state index in [4.69, 9.17) is 9.40 Å². The summed E-state index contributed by atoms with van der Waals surface area (Å²) in [5, 5.41) is 7.37. The molecule has 0 aliphatic heterocycles. The molecule has 12 aromatic rings. The number of anilines is 3. The molecule has 10 aromatic carbocycles.